The van der Waals surface area contributed by atoms with Gasteiger partial charge in [-0.15, -0.1) is 0 Å². The Morgan fingerprint density at radius 3 is 2.03 bits per heavy atom. The average molecular weight is 481 g/mol. The Kier molecular flexibility index (Phi) is 5.54. The fourth-order valence-electron chi connectivity index (χ4n) is 5.32. The largest absolute Gasteiger partial charge is 0.422 e. The van der Waals surface area contributed by atoms with E-state index in [1.54, 1.807) is 6.07 Å². The fourth-order valence-corrected chi connectivity index (χ4v) is 5.32. The first kappa shape index (κ1) is 22.7. The van der Waals surface area contributed by atoms with E-state index >= 15 is 0 Å². The lowest BCUT2D eigenvalue weighted by Gasteiger charge is -2.18. The number of benzene rings is 6. The van der Waals surface area contributed by atoms with E-state index in [4.69, 9.17) is 4.74 Å². The predicted octanol–water partition coefficient (Wildman–Crippen LogP) is 8.46. The summed E-state index contributed by atoms with van der Waals surface area (Å²) in [6.45, 7) is 4.05. The van der Waals surface area contributed by atoms with Gasteiger partial charge in [-0.3, -0.25) is 4.79 Å². The summed E-state index contributed by atoms with van der Waals surface area (Å²) in [6, 6.07) is 33.3. The number of esters is 1. The normalized spacial score (nSPS) is 11.2. The zero-order valence-electron chi connectivity index (χ0n) is 20.6. The van der Waals surface area contributed by atoms with Gasteiger partial charge in [0, 0.05) is 11.1 Å². The third-order valence-electron chi connectivity index (χ3n) is 7.12. The van der Waals surface area contributed by atoms with Crippen molar-refractivity contribution in [2.45, 2.75) is 13.8 Å². The molecule has 37 heavy (non-hydrogen) atoms. The molecule has 0 radical (unpaired) electrons. The summed E-state index contributed by atoms with van der Waals surface area (Å²) in [5.74, 6) is 0.00494. The molecule has 0 spiro atoms. The Labute approximate surface area is 214 Å². The van der Waals surface area contributed by atoms with Crippen molar-refractivity contribution >= 4 is 44.6 Å². The molecule has 0 fully saturated rings. The average Bonchev–Trinajstić information content (AvgIpc) is 2.93. The predicted molar refractivity (Wildman–Crippen MR) is 151 cm³/mol. The summed E-state index contributed by atoms with van der Waals surface area (Å²) < 4.78 is 6.22. The molecular weight excluding hydrogens is 456 g/mol. The van der Waals surface area contributed by atoms with Crippen molar-refractivity contribution < 1.29 is 14.3 Å². The molecule has 0 heterocycles. The lowest BCUT2D eigenvalue weighted by atomic mass is 9.92. The first-order chi connectivity index (χ1) is 18.1. The number of hydrogen-bond donors (Lipinski definition) is 0. The summed E-state index contributed by atoms with van der Waals surface area (Å²) in [4.78, 5) is 25.8. The van der Waals surface area contributed by atoms with Crippen molar-refractivity contribution in [2.75, 3.05) is 0 Å². The van der Waals surface area contributed by atoms with Gasteiger partial charge < -0.3 is 4.74 Å². The molecule has 3 nitrogen and oxygen atoms in total. The topological polar surface area (TPSA) is 43.4 Å². The van der Waals surface area contributed by atoms with E-state index in [-0.39, 0.29) is 0 Å². The number of fused-ring (bicyclic) bond motifs is 4. The smallest absolute Gasteiger partial charge is 0.344 e. The molecule has 0 amide bonds. The minimum Gasteiger partial charge on any atom is -0.422 e. The summed E-state index contributed by atoms with van der Waals surface area (Å²) in [5.41, 5.74) is 4.61. The van der Waals surface area contributed by atoms with Crippen LogP contribution in [0.2, 0.25) is 0 Å². The van der Waals surface area contributed by atoms with Gasteiger partial charge in [0.2, 0.25) is 0 Å². The SMILES string of the molecule is Cc1cc(OC(=O)c2cc3c(C)cccc3c3ccccc23)c(-c2ccccc2C=O)c2ccccc12. The standard InChI is InChI=1S/C34H24O3/c1-21-10-9-17-27-26-14-6-7-15-28(26)31(19-30(21)27)34(36)37-32-18-22(2)24-12-5-8-16-29(24)33(32)25-13-4-3-11-23(25)20-35/h3-20H,1-2H3. The van der Waals surface area contributed by atoms with Gasteiger partial charge in [0.25, 0.3) is 0 Å². The van der Waals surface area contributed by atoms with Crippen molar-refractivity contribution in [2.24, 2.45) is 0 Å². The number of hydrogen-bond acceptors (Lipinski definition) is 3. The van der Waals surface area contributed by atoms with Crippen LogP contribution in [0.3, 0.4) is 0 Å². The number of rotatable bonds is 4. The van der Waals surface area contributed by atoms with Crippen molar-refractivity contribution in [3.05, 3.63) is 125 Å². The van der Waals surface area contributed by atoms with Gasteiger partial charge in [0.15, 0.2) is 6.29 Å². The minimum atomic E-state index is -0.430. The van der Waals surface area contributed by atoms with Gasteiger partial charge in [-0.1, -0.05) is 91.0 Å². The van der Waals surface area contributed by atoms with Crippen molar-refractivity contribution in [1.82, 2.24) is 0 Å². The van der Waals surface area contributed by atoms with Crippen LogP contribution in [0.1, 0.15) is 31.8 Å². The second kappa shape index (κ2) is 9.03. The first-order valence-corrected chi connectivity index (χ1v) is 12.3. The molecule has 0 unspecified atom stereocenters. The fraction of sp³-hybridized carbons (Fsp3) is 0.0588. The highest BCUT2D eigenvalue weighted by Gasteiger charge is 2.21. The number of aryl methyl sites for hydroxylation is 2. The monoisotopic (exact) mass is 480 g/mol. The van der Waals surface area contributed by atoms with Crippen LogP contribution in [-0.4, -0.2) is 12.3 Å². The van der Waals surface area contributed by atoms with Gasteiger partial charge in [-0.25, -0.2) is 4.79 Å². The summed E-state index contributed by atoms with van der Waals surface area (Å²) in [5, 5.41) is 5.96. The van der Waals surface area contributed by atoms with Crippen LogP contribution in [0.15, 0.2) is 103 Å². The number of carbonyl (C=O) groups is 2. The van der Waals surface area contributed by atoms with Crippen LogP contribution in [0, 0.1) is 13.8 Å². The Bertz CT molecular complexity index is 1860. The molecule has 0 aliphatic rings. The molecule has 0 aliphatic carbocycles. The molecule has 0 saturated carbocycles. The second-order valence-corrected chi connectivity index (χ2v) is 9.35. The van der Waals surface area contributed by atoms with Gasteiger partial charge in [0.05, 0.1) is 5.56 Å². The highest BCUT2D eigenvalue weighted by atomic mass is 16.5. The van der Waals surface area contributed by atoms with Crippen LogP contribution >= 0.6 is 0 Å². The lowest BCUT2D eigenvalue weighted by molar-refractivity contribution is 0.0738. The Hall–Kier alpha value is -4.76. The molecule has 3 heteroatoms. The van der Waals surface area contributed by atoms with E-state index < -0.39 is 5.97 Å². The lowest BCUT2D eigenvalue weighted by Crippen LogP contribution is -2.11. The summed E-state index contributed by atoms with van der Waals surface area (Å²) in [6.07, 6.45) is 0.842. The summed E-state index contributed by atoms with van der Waals surface area (Å²) in [7, 11) is 0. The third kappa shape index (κ3) is 3.76. The Balaban J connectivity index is 1.59. The zero-order valence-corrected chi connectivity index (χ0v) is 20.6. The molecule has 0 N–H and O–H groups in total. The van der Waals surface area contributed by atoms with E-state index in [9.17, 15) is 9.59 Å². The minimum absolute atomic E-state index is 0.430. The van der Waals surface area contributed by atoms with Crippen molar-refractivity contribution in [1.29, 1.82) is 0 Å². The molecule has 178 valence electrons. The maximum absolute atomic E-state index is 13.9. The zero-order chi connectivity index (χ0) is 25.5. The molecule has 0 atom stereocenters. The molecule has 6 aromatic carbocycles. The van der Waals surface area contributed by atoms with Crippen LogP contribution in [0.5, 0.6) is 5.75 Å². The van der Waals surface area contributed by atoms with E-state index in [0.717, 1.165) is 60.9 Å². The van der Waals surface area contributed by atoms with Crippen LogP contribution in [0.25, 0.3) is 43.4 Å². The maximum atomic E-state index is 13.9. The molecule has 6 aromatic rings. The molecule has 0 aliphatic heterocycles. The van der Waals surface area contributed by atoms with E-state index in [1.165, 1.54) is 0 Å². The number of aldehydes is 1. The van der Waals surface area contributed by atoms with Gasteiger partial charge >= 0.3 is 5.97 Å². The first-order valence-electron chi connectivity index (χ1n) is 12.3. The summed E-state index contributed by atoms with van der Waals surface area (Å²) >= 11 is 0. The molecule has 0 aromatic heterocycles. The number of carbonyl (C=O) groups excluding carboxylic acids is 2. The molecule has 6 rings (SSSR count). The van der Waals surface area contributed by atoms with Crippen LogP contribution < -0.4 is 4.74 Å². The Morgan fingerprint density at radius 2 is 1.24 bits per heavy atom. The van der Waals surface area contributed by atoms with Crippen LogP contribution in [-0.2, 0) is 0 Å². The maximum Gasteiger partial charge on any atom is 0.344 e. The van der Waals surface area contributed by atoms with E-state index in [2.05, 4.69) is 6.07 Å². The second-order valence-electron chi connectivity index (χ2n) is 9.35. The third-order valence-corrected chi connectivity index (χ3v) is 7.12. The van der Waals surface area contributed by atoms with E-state index in [1.807, 2.05) is 105 Å². The Morgan fingerprint density at radius 1 is 0.622 bits per heavy atom. The van der Waals surface area contributed by atoms with Crippen molar-refractivity contribution in [3.63, 3.8) is 0 Å². The highest BCUT2D eigenvalue weighted by Crippen LogP contribution is 2.41. The van der Waals surface area contributed by atoms with Gasteiger partial charge in [0.1, 0.15) is 5.75 Å². The molecular formula is C34H24O3. The van der Waals surface area contributed by atoms with Crippen LogP contribution in [0.4, 0.5) is 0 Å². The molecule has 0 bridgehead atoms. The quantitative estimate of drug-likeness (QED) is 0.110. The van der Waals surface area contributed by atoms with E-state index in [0.29, 0.717) is 16.9 Å². The highest BCUT2D eigenvalue weighted by molar-refractivity contribution is 6.17. The van der Waals surface area contributed by atoms with Gasteiger partial charge in [-0.2, -0.15) is 0 Å². The van der Waals surface area contributed by atoms with Crippen molar-refractivity contribution in [3.8, 4) is 16.9 Å². The van der Waals surface area contributed by atoms with Gasteiger partial charge in [-0.05, 0) is 75.0 Å². The molecule has 0 saturated heterocycles. The number of ether oxygens (including phenoxy) is 1.